The van der Waals surface area contributed by atoms with Crippen LogP contribution in [0.5, 0.6) is 5.75 Å². The fraction of sp³-hybridized carbons (Fsp3) is 0.250. The van der Waals surface area contributed by atoms with Crippen molar-refractivity contribution >= 4 is 45.1 Å². The number of aromatic hydroxyl groups is 1. The maximum Gasteiger partial charge on any atom is 0.294 e. The Hall–Kier alpha value is -3.88. The third-order valence-corrected chi connectivity index (χ3v) is 7.51. The lowest BCUT2D eigenvalue weighted by Gasteiger charge is -2.39. The van der Waals surface area contributed by atoms with Crippen molar-refractivity contribution in [3.8, 4) is 16.9 Å². The number of aliphatic hydroxyl groups excluding tert-OH is 1. The Labute approximate surface area is 217 Å². The van der Waals surface area contributed by atoms with E-state index < -0.39 is 6.10 Å². The van der Waals surface area contributed by atoms with E-state index in [0.717, 1.165) is 16.3 Å². The molecule has 2 aliphatic heterocycles. The maximum atomic E-state index is 13.6. The van der Waals surface area contributed by atoms with Crippen LogP contribution in [0.4, 0.5) is 5.82 Å². The predicted octanol–water partition coefficient (Wildman–Crippen LogP) is 3.40. The van der Waals surface area contributed by atoms with Gasteiger partial charge in [-0.25, -0.2) is 4.98 Å². The third-order valence-electron chi connectivity index (χ3n) is 7.20. The molecule has 4 aromatic rings. The number of aliphatic hydroxyl groups is 1. The molecule has 0 spiro atoms. The number of carbonyl (C=O) groups excluding carboxylic acids is 1. The van der Waals surface area contributed by atoms with E-state index in [1.54, 1.807) is 32.6 Å². The van der Waals surface area contributed by atoms with E-state index >= 15 is 0 Å². The zero-order chi connectivity index (χ0) is 25.8. The van der Waals surface area contributed by atoms with E-state index in [9.17, 15) is 19.8 Å². The van der Waals surface area contributed by atoms with Gasteiger partial charge >= 0.3 is 0 Å². The standard InChI is InChI=1S/C28H25ClN4O4/c1-2-26(36)31-11-16(12-31)13-33-25-10-23(29)22(21-8-18(34)7-17-5-3-4-6-20(17)21)9-24(25)30-27(28(33)37)32-14-19(35)15-32/h2-10,16,19,34-35H,1,11-15H2. The number of amides is 1. The summed E-state index contributed by atoms with van der Waals surface area (Å²) in [4.78, 5) is 33.6. The quantitative estimate of drug-likeness (QED) is 0.394. The highest BCUT2D eigenvalue weighted by Gasteiger charge is 2.33. The number of nitrogens with zero attached hydrogens (tertiary/aromatic N) is 4. The average Bonchev–Trinajstić information content (AvgIpc) is 2.84. The lowest BCUT2D eigenvalue weighted by Crippen LogP contribution is -2.54. The van der Waals surface area contributed by atoms with Gasteiger partial charge in [-0.15, -0.1) is 0 Å². The zero-order valence-corrected chi connectivity index (χ0v) is 20.7. The van der Waals surface area contributed by atoms with Crippen LogP contribution in [0.2, 0.25) is 5.02 Å². The Bertz CT molecular complexity index is 1640. The van der Waals surface area contributed by atoms with Gasteiger partial charge in [-0.3, -0.25) is 9.59 Å². The van der Waals surface area contributed by atoms with Crippen LogP contribution in [-0.2, 0) is 11.3 Å². The minimum Gasteiger partial charge on any atom is -0.508 e. The summed E-state index contributed by atoms with van der Waals surface area (Å²) in [7, 11) is 0. The molecular formula is C28H25ClN4O4. The second-order valence-corrected chi connectivity index (χ2v) is 10.2. The molecule has 6 rings (SSSR count). The highest BCUT2D eigenvalue weighted by atomic mass is 35.5. The molecule has 3 heterocycles. The molecule has 1 aromatic heterocycles. The lowest BCUT2D eigenvalue weighted by molar-refractivity contribution is -0.132. The van der Waals surface area contributed by atoms with E-state index in [-0.39, 0.29) is 29.0 Å². The number of hydrogen-bond donors (Lipinski definition) is 2. The number of anilines is 1. The molecule has 0 unspecified atom stereocenters. The molecule has 0 aliphatic carbocycles. The summed E-state index contributed by atoms with van der Waals surface area (Å²) in [5, 5.41) is 22.5. The first-order chi connectivity index (χ1) is 17.8. The van der Waals surface area contributed by atoms with Crippen LogP contribution >= 0.6 is 11.6 Å². The Kier molecular flexibility index (Phi) is 5.66. The molecule has 2 fully saturated rings. The Morgan fingerprint density at radius 1 is 1.11 bits per heavy atom. The molecule has 2 aliphatic rings. The molecule has 9 heteroatoms. The zero-order valence-electron chi connectivity index (χ0n) is 20.0. The van der Waals surface area contributed by atoms with Gasteiger partial charge in [-0.2, -0.15) is 0 Å². The lowest BCUT2D eigenvalue weighted by atomic mass is 9.97. The SMILES string of the molecule is C=CC(=O)N1CC(Cn2c(=O)c(N3CC(O)C3)nc3cc(-c4cc(O)cc5ccccc45)c(Cl)cc32)C1. The number of halogens is 1. The number of β-amino-alcohol motifs (C(OH)–C–C–N with tert-alkyl or cyclic N) is 1. The summed E-state index contributed by atoms with van der Waals surface area (Å²) in [6.45, 7) is 5.72. The summed E-state index contributed by atoms with van der Waals surface area (Å²) >= 11 is 6.81. The van der Waals surface area contributed by atoms with Crippen molar-refractivity contribution in [1.29, 1.82) is 0 Å². The normalized spacial score (nSPS) is 16.2. The topological polar surface area (TPSA) is 98.9 Å². The molecule has 188 valence electrons. The summed E-state index contributed by atoms with van der Waals surface area (Å²) in [6.07, 6.45) is 0.805. The molecular weight excluding hydrogens is 492 g/mol. The van der Waals surface area contributed by atoms with Crippen molar-refractivity contribution < 1.29 is 15.0 Å². The Morgan fingerprint density at radius 2 is 1.86 bits per heavy atom. The highest BCUT2D eigenvalue weighted by molar-refractivity contribution is 6.34. The fourth-order valence-electron chi connectivity index (χ4n) is 5.24. The van der Waals surface area contributed by atoms with Crippen LogP contribution in [-0.4, -0.2) is 62.9 Å². The smallest absolute Gasteiger partial charge is 0.294 e. The van der Waals surface area contributed by atoms with Crippen LogP contribution in [0.15, 0.2) is 66.0 Å². The number of hydrogen-bond acceptors (Lipinski definition) is 6. The van der Waals surface area contributed by atoms with Gasteiger partial charge in [-0.1, -0.05) is 42.4 Å². The molecule has 1 amide bonds. The van der Waals surface area contributed by atoms with Gasteiger partial charge in [0.15, 0.2) is 5.82 Å². The highest BCUT2D eigenvalue weighted by Crippen LogP contribution is 2.38. The monoisotopic (exact) mass is 516 g/mol. The number of aromatic nitrogens is 2. The van der Waals surface area contributed by atoms with Gasteiger partial charge in [0.05, 0.1) is 22.2 Å². The summed E-state index contributed by atoms with van der Waals surface area (Å²) < 4.78 is 1.68. The molecule has 37 heavy (non-hydrogen) atoms. The third kappa shape index (κ3) is 4.02. The van der Waals surface area contributed by atoms with Crippen LogP contribution in [0, 0.1) is 5.92 Å². The van der Waals surface area contributed by atoms with Crippen molar-refractivity contribution in [2.45, 2.75) is 12.6 Å². The minimum absolute atomic E-state index is 0.107. The first-order valence-corrected chi connectivity index (χ1v) is 12.5. The molecule has 0 atom stereocenters. The van der Waals surface area contributed by atoms with Crippen molar-refractivity contribution in [1.82, 2.24) is 14.5 Å². The number of fused-ring (bicyclic) bond motifs is 2. The van der Waals surface area contributed by atoms with Gasteiger partial charge in [-0.05, 0) is 46.7 Å². The fourth-order valence-corrected chi connectivity index (χ4v) is 5.50. The van der Waals surface area contributed by atoms with Gasteiger partial charge in [0.1, 0.15) is 5.75 Å². The molecule has 0 radical (unpaired) electrons. The van der Waals surface area contributed by atoms with Gasteiger partial charge < -0.3 is 24.6 Å². The maximum absolute atomic E-state index is 13.6. The number of phenolic OH excluding ortho intramolecular Hbond substituents is 1. The second kappa shape index (κ2) is 8.90. The van der Waals surface area contributed by atoms with E-state index in [2.05, 4.69) is 6.58 Å². The Balaban J connectivity index is 1.49. The average molecular weight is 517 g/mol. The molecule has 2 N–H and O–H groups in total. The molecule has 2 saturated heterocycles. The van der Waals surface area contributed by atoms with E-state index in [1.165, 1.54) is 6.08 Å². The van der Waals surface area contributed by atoms with Crippen LogP contribution < -0.4 is 10.5 Å². The number of carbonyl (C=O) groups is 1. The molecule has 0 saturated carbocycles. The van der Waals surface area contributed by atoms with E-state index in [0.29, 0.717) is 54.3 Å². The number of rotatable bonds is 5. The predicted molar refractivity (Wildman–Crippen MR) is 144 cm³/mol. The van der Waals surface area contributed by atoms with Crippen molar-refractivity contribution in [3.05, 3.63) is 76.6 Å². The number of phenols is 1. The van der Waals surface area contributed by atoms with Gasteiger partial charge in [0.2, 0.25) is 5.91 Å². The van der Waals surface area contributed by atoms with Gasteiger partial charge in [0.25, 0.3) is 5.56 Å². The van der Waals surface area contributed by atoms with Crippen molar-refractivity contribution in [3.63, 3.8) is 0 Å². The summed E-state index contributed by atoms with van der Waals surface area (Å²) in [5.74, 6) is 0.395. The largest absolute Gasteiger partial charge is 0.508 e. The Morgan fingerprint density at radius 3 is 2.59 bits per heavy atom. The first kappa shape index (κ1) is 23.5. The molecule has 3 aromatic carbocycles. The van der Waals surface area contributed by atoms with Crippen molar-refractivity contribution in [2.24, 2.45) is 5.92 Å². The summed E-state index contributed by atoms with van der Waals surface area (Å²) in [5.41, 5.74) is 2.39. The number of benzene rings is 3. The summed E-state index contributed by atoms with van der Waals surface area (Å²) in [6, 6.07) is 14.7. The van der Waals surface area contributed by atoms with Gasteiger partial charge in [0, 0.05) is 44.2 Å². The molecule has 8 nitrogen and oxygen atoms in total. The van der Waals surface area contributed by atoms with E-state index in [4.69, 9.17) is 16.6 Å². The first-order valence-electron chi connectivity index (χ1n) is 12.1. The minimum atomic E-state index is -0.491. The van der Waals surface area contributed by atoms with Crippen molar-refractivity contribution in [2.75, 3.05) is 31.1 Å². The van der Waals surface area contributed by atoms with Crippen LogP contribution in [0.25, 0.3) is 32.9 Å². The molecule has 0 bridgehead atoms. The van der Waals surface area contributed by atoms with Crippen LogP contribution in [0.1, 0.15) is 0 Å². The van der Waals surface area contributed by atoms with Crippen LogP contribution in [0.3, 0.4) is 0 Å². The number of likely N-dealkylation sites (tertiary alicyclic amines) is 1. The van der Waals surface area contributed by atoms with E-state index in [1.807, 2.05) is 30.3 Å². The second-order valence-electron chi connectivity index (χ2n) is 9.76.